The maximum Gasteiger partial charge on any atom is 0.256 e. The van der Waals surface area contributed by atoms with Crippen LogP contribution in [0.3, 0.4) is 0 Å². The smallest absolute Gasteiger partial charge is 0.256 e. The third-order valence-corrected chi connectivity index (χ3v) is 7.13. The first-order valence-electron chi connectivity index (χ1n) is 12.7. The molecule has 0 unspecified atom stereocenters. The van der Waals surface area contributed by atoms with Crippen molar-refractivity contribution in [3.63, 3.8) is 0 Å². The lowest BCUT2D eigenvalue weighted by atomic mass is 10.0. The fourth-order valence-electron chi connectivity index (χ4n) is 4.81. The molecule has 0 spiro atoms. The number of nitrogens with one attached hydrogen (secondary N) is 1. The van der Waals surface area contributed by atoms with Crippen molar-refractivity contribution in [3.05, 3.63) is 77.5 Å². The van der Waals surface area contributed by atoms with E-state index in [2.05, 4.69) is 10.3 Å². The van der Waals surface area contributed by atoms with Crippen LogP contribution in [0.4, 0.5) is 11.5 Å². The number of carbonyl (C=O) groups is 3. The zero-order valence-electron chi connectivity index (χ0n) is 21.1. The van der Waals surface area contributed by atoms with Gasteiger partial charge in [0.15, 0.2) is 0 Å². The van der Waals surface area contributed by atoms with Crippen molar-refractivity contribution in [1.82, 2.24) is 15.2 Å². The highest BCUT2D eigenvalue weighted by Crippen LogP contribution is 2.33. The Morgan fingerprint density at radius 2 is 1.86 bits per heavy atom. The van der Waals surface area contributed by atoms with Gasteiger partial charge in [-0.1, -0.05) is 25.1 Å². The molecular weight excluding hydrogens is 466 g/mol. The molecule has 1 saturated carbocycles. The Labute approximate surface area is 216 Å². The van der Waals surface area contributed by atoms with Crippen LogP contribution in [0.2, 0.25) is 0 Å². The summed E-state index contributed by atoms with van der Waals surface area (Å²) in [5.41, 5.74) is 9.91. The van der Waals surface area contributed by atoms with Crippen LogP contribution in [0.15, 0.2) is 60.8 Å². The van der Waals surface area contributed by atoms with Crippen LogP contribution in [0.25, 0.3) is 11.1 Å². The Morgan fingerprint density at radius 1 is 1.08 bits per heavy atom. The Balaban J connectivity index is 1.45. The van der Waals surface area contributed by atoms with Gasteiger partial charge in [0.25, 0.3) is 11.8 Å². The number of benzene rings is 2. The second-order valence-corrected chi connectivity index (χ2v) is 9.81. The number of aromatic nitrogens is 1. The molecule has 1 aliphatic heterocycles. The topological polar surface area (TPSA) is 109 Å². The molecule has 1 fully saturated rings. The van der Waals surface area contributed by atoms with Crippen molar-refractivity contribution in [1.29, 1.82) is 0 Å². The number of nitrogen functional groups attached to an aromatic ring is 1. The first-order chi connectivity index (χ1) is 17.9. The van der Waals surface area contributed by atoms with E-state index in [4.69, 9.17) is 5.73 Å². The molecule has 1 aliphatic carbocycles. The monoisotopic (exact) mass is 497 g/mol. The number of carbonyl (C=O) groups excluding carboxylic acids is 3. The number of nitrogens with two attached hydrogens (primary N) is 1. The van der Waals surface area contributed by atoms with Gasteiger partial charge < -0.3 is 20.9 Å². The van der Waals surface area contributed by atoms with E-state index in [1.54, 1.807) is 47.3 Å². The van der Waals surface area contributed by atoms with Gasteiger partial charge in [0.2, 0.25) is 5.91 Å². The van der Waals surface area contributed by atoms with Crippen molar-refractivity contribution in [2.24, 2.45) is 5.92 Å². The minimum atomic E-state index is -0.628. The van der Waals surface area contributed by atoms with Crippen LogP contribution in [-0.4, -0.2) is 47.2 Å². The predicted molar refractivity (Wildman–Crippen MR) is 143 cm³/mol. The quantitative estimate of drug-likeness (QED) is 0.515. The van der Waals surface area contributed by atoms with Crippen LogP contribution >= 0.6 is 0 Å². The predicted octanol–water partition coefficient (Wildman–Crippen LogP) is 3.87. The number of rotatable bonds is 7. The van der Waals surface area contributed by atoms with Crippen LogP contribution in [0, 0.1) is 5.92 Å². The van der Waals surface area contributed by atoms with Gasteiger partial charge in [-0.25, -0.2) is 4.98 Å². The maximum absolute atomic E-state index is 13.8. The molecule has 2 heterocycles. The van der Waals surface area contributed by atoms with Crippen LogP contribution < -0.4 is 16.0 Å². The highest BCUT2D eigenvalue weighted by atomic mass is 16.2. The Bertz CT molecular complexity index is 1370. The van der Waals surface area contributed by atoms with Crippen molar-refractivity contribution >= 4 is 29.2 Å². The average Bonchev–Trinajstić information content (AvgIpc) is 3.75. The van der Waals surface area contributed by atoms with E-state index < -0.39 is 6.04 Å². The summed E-state index contributed by atoms with van der Waals surface area (Å²) in [6.45, 7) is 2.82. The molecule has 37 heavy (non-hydrogen) atoms. The molecular formula is C29H31N5O3. The van der Waals surface area contributed by atoms with E-state index >= 15 is 0 Å². The number of hydrogen-bond donors (Lipinski definition) is 2. The molecule has 3 N–H and O–H groups in total. The van der Waals surface area contributed by atoms with Gasteiger partial charge in [0.05, 0.1) is 11.3 Å². The van der Waals surface area contributed by atoms with Gasteiger partial charge in [-0.3, -0.25) is 14.4 Å². The minimum Gasteiger partial charge on any atom is -0.384 e. The average molecular weight is 498 g/mol. The number of anilines is 2. The van der Waals surface area contributed by atoms with Gasteiger partial charge in [0.1, 0.15) is 11.9 Å². The molecule has 8 nitrogen and oxygen atoms in total. The molecule has 3 amide bonds. The van der Waals surface area contributed by atoms with Crippen molar-refractivity contribution in [3.8, 4) is 11.1 Å². The summed E-state index contributed by atoms with van der Waals surface area (Å²) in [6, 6.07) is 15.7. The number of nitrogens with zero attached hydrogens (tertiary/aromatic N) is 3. The van der Waals surface area contributed by atoms with Gasteiger partial charge in [-0.2, -0.15) is 0 Å². The third-order valence-electron chi connectivity index (χ3n) is 7.13. The molecule has 2 aromatic carbocycles. The summed E-state index contributed by atoms with van der Waals surface area (Å²) in [7, 11) is 1.70. The summed E-state index contributed by atoms with van der Waals surface area (Å²) in [5, 5.41) is 2.99. The summed E-state index contributed by atoms with van der Waals surface area (Å²) in [5.74, 6) is 0.497. The zero-order chi connectivity index (χ0) is 26.1. The lowest BCUT2D eigenvalue weighted by Gasteiger charge is -2.29. The molecule has 0 radical (unpaired) electrons. The van der Waals surface area contributed by atoms with Crippen LogP contribution in [0.5, 0.6) is 0 Å². The van der Waals surface area contributed by atoms with Crippen LogP contribution in [0.1, 0.15) is 52.5 Å². The normalized spacial score (nSPS) is 17.4. The summed E-state index contributed by atoms with van der Waals surface area (Å²) in [6.07, 6.45) is 4.43. The first kappa shape index (κ1) is 24.5. The Hall–Kier alpha value is -4.20. The van der Waals surface area contributed by atoms with E-state index in [1.165, 1.54) is 0 Å². The van der Waals surface area contributed by atoms with Crippen molar-refractivity contribution in [2.45, 2.75) is 38.8 Å². The van der Waals surface area contributed by atoms with Crippen molar-refractivity contribution in [2.75, 3.05) is 24.2 Å². The lowest BCUT2D eigenvalue weighted by molar-refractivity contribution is -0.122. The number of hydrogen-bond acceptors (Lipinski definition) is 5. The second-order valence-electron chi connectivity index (χ2n) is 9.81. The summed E-state index contributed by atoms with van der Waals surface area (Å²) < 4.78 is 0. The summed E-state index contributed by atoms with van der Waals surface area (Å²) >= 11 is 0. The SMILES string of the molecule is CC[C@@H]1C(=O)N(C)c2cc(-c3ccnc(N)c3)ccc2C(=O)N1Cc1cccc(C(=O)NCC2CC2)c1. The van der Waals surface area contributed by atoms with Gasteiger partial charge in [-0.15, -0.1) is 0 Å². The molecule has 190 valence electrons. The maximum atomic E-state index is 13.8. The number of pyridine rings is 1. The molecule has 8 heteroatoms. The van der Waals surface area contributed by atoms with Crippen molar-refractivity contribution < 1.29 is 14.4 Å². The van der Waals surface area contributed by atoms with Gasteiger partial charge >= 0.3 is 0 Å². The molecule has 0 bridgehead atoms. The zero-order valence-corrected chi connectivity index (χ0v) is 21.1. The fraction of sp³-hybridized carbons (Fsp3) is 0.310. The molecule has 0 saturated heterocycles. The Kier molecular flexibility index (Phi) is 6.65. The fourth-order valence-corrected chi connectivity index (χ4v) is 4.81. The second kappa shape index (κ2) is 10.0. The number of likely N-dealkylation sites (N-methyl/N-ethyl adjacent to an activating group) is 1. The number of fused-ring (bicyclic) bond motifs is 1. The van der Waals surface area contributed by atoms with E-state index in [-0.39, 0.29) is 24.3 Å². The molecule has 1 atom stereocenters. The van der Waals surface area contributed by atoms with E-state index in [9.17, 15) is 14.4 Å². The van der Waals surface area contributed by atoms with Gasteiger partial charge in [-0.05, 0) is 78.3 Å². The lowest BCUT2D eigenvalue weighted by Crippen LogP contribution is -2.46. The van der Waals surface area contributed by atoms with Crippen LogP contribution in [-0.2, 0) is 11.3 Å². The van der Waals surface area contributed by atoms with E-state index in [0.717, 1.165) is 29.5 Å². The molecule has 1 aromatic heterocycles. The molecule has 2 aliphatic rings. The largest absolute Gasteiger partial charge is 0.384 e. The standard InChI is InChI=1S/C29H31N5O3/c1-3-24-29(37)33(2)25-14-20(21-11-12-31-26(30)15-21)9-10-23(25)28(36)34(24)17-19-5-4-6-22(13-19)27(35)32-16-18-7-8-18/h4-6,9-15,18,24H,3,7-8,16-17H2,1-2H3,(H2,30,31)(H,32,35)/t24-/m1/s1. The minimum absolute atomic E-state index is 0.117. The highest BCUT2D eigenvalue weighted by Gasteiger charge is 2.37. The third kappa shape index (κ3) is 5.05. The number of amides is 3. The highest BCUT2D eigenvalue weighted by molar-refractivity contribution is 6.11. The van der Waals surface area contributed by atoms with E-state index in [0.29, 0.717) is 41.5 Å². The van der Waals surface area contributed by atoms with E-state index in [1.807, 2.05) is 37.3 Å². The Morgan fingerprint density at radius 3 is 2.59 bits per heavy atom. The molecule has 5 rings (SSSR count). The van der Waals surface area contributed by atoms with Gasteiger partial charge in [0, 0.05) is 31.9 Å². The first-order valence-corrected chi connectivity index (χ1v) is 12.7. The molecule has 3 aromatic rings. The summed E-state index contributed by atoms with van der Waals surface area (Å²) in [4.78, 5) is 47.3.